The molecule has 1 atom stereocenters. The summed E-state index contributed by atoms with van der Waals surface area (Å²) < 4.78 is 5.86. The largest absolute Gasteiger partial charge is 0.507 e. The summed E-state index contributed by atoms with van der Waals surface area (Å²) in [5.74, 6) is -0.377. The van der Waals surface area contributed by atoms with Gasteiger partial charge in [0.25, 0.3) is 11.7 Å². The van der Waals surface area contributed by atoms with E-state index in [2.05, 4.69) is 13.8 Å². The number of carbonyl (C=O) groups is 2. The Bertz CT molecular complexity index is 1330. The maximum Gasteiger partial charge on any atom is 0.300 e. The van der Waals surface area contributed by atoms with Crippen molar-refractivity contribution in [3.05, 3.63) is 86.1 Å². The fourth-order valence-electron chi connectivity index (χ4n) is 4.26. The highest BCUT2D eigenvalue weighted by Crippen LogP contribution is 2.45. The minimum absolute atomic E-state index is 0.106. The summed E-state index contributed by atoms with van der Waals surface area (Å²) in [7, 11) is 0. The number of nitrogens with zero attached hydrogens (tertiary/aromatic N) is 1. The predicted octanol–water partition coefficient (Wildman–Crippen LogP) is 6.64. The Kier molecular flexibility index (Phi) is 6.86. The van der Waals surface area contributed by atoms with Gasteiger partial charge < -0.3 is 9.84 Å². The molecule has 1 aromatic heterocycles. The number of rotatable bonds is 6. The van der Waals surface area contributed by atoms with Gasteiger partial charge in [-0.1, -0.05) is 19.9 Å². The molecule has 3 aromatic rings. The number of amides is 1. The number of hydrogen-bond acceptors (Lipinski definition) is 5. The normalized spacial score (nSPS) is 17.5. The van der Waals surface area contributed by atoms with Crippen molar-refractivity contribution < 1.29 is 19.4 Å². The third kappa shape index (κ3) is 4.63. The van der Waals surface area contributed by atoms with Crippen LogP contribution in [0.5, 0.6) is 5.75 Å². The molecule has 0 bridgehead atoms. The first-order valence-corrected chi connectivity index (χ1v) is 12.6. The van der Waals surface area contributed by atoms with E-state index in [1.165, 1.54) is 16.2 Å². The summed E-state index contributed by atoms with van der Waals surface area (Å²) in [6, 6.07) is 12.3. The van der Waals surface area contributed by atoms with E-state index in [4.69, 9.17) is 4.74 Å². The lowest BCUT2D eigenvalue weighted by Crippen LogP contribution is -2.29. The number of ketones is 1. The molecule has 1 unspecified atom stereocenters. The van der Waals surface area contributed by atoms with Crippen molar-refractivity contribution in [2.75, 3.05) is 11.5 Å². The van der Waals surface area contributed by atoms with E-state index in [9.17, 15) is 14.7 Å². The van der Waals surface area contributed by atoms with Crippen molar-refractivity contribution in [2.45, 2.75) is 47.6 Å². The van der Waals surface area contributed by atoms with Crippen LogP contribution in [0.15, 0.2) is 53.4 Å². The molecule has 1 aliphatic heterocycles. The average Bonchev–Trinajstić information content (AvgIpc) is 3.34. The van der Waals surface area contributed by atoms with E-state index in [-0.39, 0.29) is 11.3 Å². The van der Waals surface area contributed by atoms with Crippen molar-refractivity contribution in [1.82, 2.24) is 0 Å². The Labute approximate surface area is 210 Å². The molecule has 0 saturated carbocycles. The molecule has 1 fully saturated rings. The van der Waals surface area contributed by atoms with Crippen LogP contribution in [0.2, 0.25) is 0 Å². The van der Waals surface area contributed by atoms with Gasteiger partial charge in [0, 0.05) is 16.1 Å². The fraction of sp³-hybridized carbons (Fsp3) is 0.310. The lowest BCUT2D eigenvalue weighted by atomic mass is 9.97. The second kappa shape index (κ2) is 9.70. The molecule has 1 aliphatic rings. The third-order valence-corrected chi connectivity index (χ3v) is 7.46. The number of aliphatic hydroxyl groups is 1. The molecule has 5 nitrogen and oxygen atoms in total. The topological polar surface area (TPSA) is 66.8 Å². The second-order valence-corrected chi connectivity index (χ2v) is 10.5. The highest BCUT2D eigenvalue weighted by molar-refractivity contribution is 7.10. The minimum atomic E-state index is -0.700. The fourth-order valence-corrected chi connectivity index (χ4v) is 5.28. The predicted molar refractivity (Wildman–Crippen MR) is 141 cm³/mol. The van der Waals surface area contributed by atoms with E-state index >= 15 is 0 Å². The first-order chi connectivity index (χ1) is 16.6. The van der Waals surface area contributed by atoms with Gasteiger partial charge in [-0.2, -0.15) is 0 Å². The van der Waals surface area contributed by atoms with Crippen molar-refractivity contribution >= 4 is 34.5 Å². The summed E-state index contributed by atoms with van der Waals surface area (Å²) in [6.07, 6.45) is 0. The number of carbonyl (C=O) groups excluding carboxylic acids is 2. The van der Waals surface area contributed by atoms with Crippen LogP contribution in [-0.4, -0.2) is 23.4 Å². The quantitative estimate of drug-likeness (QED) is 0.239. The first-order valence-electron chi connectivity index (χ1n) is 11.8. The van der Waals surface area contributed by atoms with E-state index in [1.807, 2.05) is 57.3 Å². The molecule has 2 aromatic carbocycles. The first kappa shape index (κ1) is 24.7. The van der Waals surface area contributed by atoms with Crippen LogP contribution in [0.4, 0.5) is 5.69 Å². The van der Waals surface area contributed by atoms with Crippen LogP contribution < -0.4 is 9.64 Å². The summed E-state index contributed by atoms with van der Waals surface area (Å²) in [5, 5.41) is 13.3. The lowest BCUT2D eigenvalue weighted by Gasteiger charge is -2.25. The molecule has 1 saturated heterocycles. The zero-order valence-corrected chi connectivity index (χ0v) is 21.8. The van der Waals surface area contributed by atoms with Crippen LogP contribution in [0.3, 0.4) is 0 Å². The van der Waals surface area contributed by atoms with Crippen LogP contribution >= 0.6 is 11.3 Å². The Hall–Kier alpha value is -3.38. The molecule has 2 heterocycles. The summed E-state index contributed by atoms with van der Waals surface area (Å²) >= 11 is 1.48. The number of benzene rings is 2. The van der Waals surface area contributed by atoms with Gasteiger partial charge >= 0.3 is 0 Å². The molecular weight excluding hydrogens is 458 g/mol. The van der Waals surface area contributed by atoms with E-state index in [0.29, 0.717) is 23.8 Å². The Morgan fingerprint density at radius 2 is 1.71 bits per heavy atom. The maximum absolute atomic E-state index is 13.4. The van der Waals surface area contributed by atoms with Crippen molar-refractivity contribution in [1.29, 1.82) is 0 Å². The monoisotopic (exact) mass is 489 g/mol. The zero-order chi connectivity index (χ0) is 25.4. The molecule has 6 heteroatoms. The zero-order valence-electron chi connectivity index (χ0n) is 21.0. The third-order valence-electron chi connectivity index (χ3n) is 6.38. The number of Topliss-reactive ketones (excluding diaryl/α,β-unsaturated/α-hetero) is 1. The van der Waals surface area contributed by atoms with Gasteiger partial charge in [0.05, 0.1) is 12.2 Å². The summed E-state index contributed by atoms with van der Waals surface area (Å²) in [6.45, 7) is 12.6. The molecule has 182 valence electrons. The van der Waals surface area contributed by atoms with Crippen molar-refractivity contribution in [2.24, 2.45) is 5.92 Å². The second-order valence-electron chi connectivity index (χ2n) is 9.59. The van der Waals surface area contributed by atoms with Gasteiger partial charge in [-0.3, -0.25) is 14.5 Å². The molecule has 1 amide bonds. The number of hydrogen-bond donors (Lipinski definition) is 1. The number of aliphatic hydroxyl groups excluding tert-OH is 1. The molecule has 35 heavy (non-hydrogen) atoms. The highest BCUT2D eigenvalue weighted by atomic mass is 32.1. The van der Waals surface area contributed by atoms with E-state index in [1.54, 1.807) is 18.2 Å². The minimum Gasteiger partial charge on any atom is -0.507 e. The Balaban J connectivity index is 1.85. The standard InChI is InChI=1S/C29H31NO4S/c1-16(2)15-34-23-10-8-21(13-20(23)6)26(31)24-25(28-18(4)11-12-35-28)30(29(33)27(24)32)22-9-7-17(3)19(5)14-22/h7-14,16,25,31H,15H2,1-6H3/b26-24-. The maximum atomic E-state index is 13.4. The molecule has 0 radical (unpaired) electrons. The van der Waals surface area contributed by atoms with E-state index < -0.39 is 17.7 Å². The molecule has 0 spiro atoms. The number of thiophene rings is 1. The van der Waals surface area contributed by atoms with E-state index in [0.717, 1.165) is 32.9 Å². The van der Waals surface area contributed by atoms with Crippen LogP contribution in [0.1, 0.15) is 52.6 Å². The number of ether oxygens (including phenoxy) is 1. The van der Waals surface area contributed by atoms with Gasteiger partial charge in [-0.25, -0.2) is 0 Å². The molecule has 4 rings (SSSR count). The van der Waals surface area contributed by atoms with Gasteiger partial charge in [0.1, 0.15) is 17.6 Å². The highest BCUT2D eigenvalue weighted by Gasteiger charge is 2.48. The Morgan fingerprint density at radius 3 is 2.31 bits per heavy atom. The molecule has 1 N–H and O–H groups in total. The smallest absolute Gasteiger partial charge is 0.300 e. The molecular formula is C29H31NO4S. The van der Waals surface area contributed by atoms with Gasteiger partial charge in [-0.15, -0.1) is 11.3 Å². The average molecular weight is 490 g/mol. The molecule has 0 aliphatic carbocycles. The number of anilines is 1. The van der Waals surface area contributed by atoms with Gasteiger partial charge in [0.15, 0.2) is 0 Å². The van der Waals surface area contributed by atoms with Crippen LogP contribution in [0, 0.1) is 33.6 Å². The Morgan fingerprint density at radius 1 is 0.971 bits per heavy atom. The SMILES string of the molecule is Cc1ccc(N2C(=O)C(=O)/C(=C(\O)c3ccc(OCC(C)C)c(C)c3)C2c2sccc2C)cc1C. The number of aryl methyl sites for hydroxylation is 4. The van der Waals surface area contributed by atoms with Crippen LogP contribution in [-0.2, 0) is 9.59 Å². The lowest BCUT2D eigenvalue weighted by molar-refractivity contribution is -0.132. The van der Waals surface area contributed by atoms with Crippen molar-refractivity contribution in [3.8, 4) is 5.75 Å². The van der Waals surface area contributed by atoms with Crippen molar-refractivity contribution in [3.63, 3.8) is 0 Å². The van der Waals surface area contributed by atoms with Crippen LogP contribution in [0.25, 0.3) is 5.76 Å². The summed E-state index contributed by atoms with van der Waals surface area (Å²) in [4.78, 5) is 29.1. The van der Waals surface area contributed by atoms with Gasteiger partial charge in [0.2, 0.25) is 0 Å². The van der Waals surface area contributed by atoms with Gasteiger partial charge in [-0.05, 0) is 97.6 Å². The summed E-state index contributed by atoms with van der Waals surface area (Å²) in [5.41, 5.74) is 5.17.